The Morgan fingerprint density at radius 3 is 3.07 bits per heavy atom. The number of hydrogen-bond acceptors (Lipinski definition) is 2. The van der Waals surface area contributed by atoms with Gasteiger partial charge >= 0.3 is 0 Å². The summed E-state index contributed by atoms with van der Waals surface area (Å²) in [5.41, 5.74) is 1.23. The molecule has 1 aliphatic carbocycles. The van der Waals surface area contributed by atoms with E-state index in [1.54, 1.807) is 12.4 Å². The molecule has 0 bridgehead atoms. The molecular formula is C12H14BrNO. The Morgan fingerprint density at radius 1 is 1.53 bits per heavy atom. The van der Waals surface area contributed by atoms with Crippen molar-refractivity contribution in [2.24, 2.45) is 5.92 Å². The van der Waals surface area contributed by atoms with Gasteiger partial charge in [0.1, 0.15) is 5.78 Å². The highest BCUT2D eigenvalue weighted by atomic mass is 79.9. The maximum absolute atomic E-state index is 11.7. The second-order valence-electron chi connectivity index (χ2n) is 4.15. The number of hydrogen-bond donors (Lipinski definition) is 0. The molecule has 0 aromatic carbocycles. The minimum atomic E-state index is 0.150. The van der Waals surface area contributed by atoms with Crippen LogP contribution >= 0.6 is 15.9 Å². The van der Waals surface area contributed by atoms with Gasteiger partial charge in [-0.05, 0) is 46.3 Å². The maximum Gasteiger partial charge on any atom is 0.136 e. The fourth-order valence-electron chi connectivity index (χ4n) is 2.31. The fraction of sp³-hybridized carbons (Fsp3) is 0.500. The predicted molar refractivity (Wildman–Crippen MR) is 62.7 cm³/mol. The van der Waals surface area contributed by atoms with E-state index in [-0.39, 0.29) is 5.92 Å². The summed E-state index contributed by atoms with van der Waals surface area (Å²) in [5.74, 6) is 0.913. The molecule has 1 heterocycles. The molecule has 2 atom stereocenters. The Balaban J connectivity index is 2.30. The van der Waals surface area contributed by atoms with Crippen LogP contribution in [0.25, 0.3) is 0 Å². The van der Waals surface area contributed by atoms with Gasteiger partial charge in [-0.25, -0.2) is 0 Å². The lowest BCUT2D eigenvalue weighted by molar-refractivity contribution is -0.124. The summed E-state index contributed by atoms with van der Waals surface area (Å²) in [5, 5.41) is 0. The van der Waals surface area contributed by atoms with Crippen LogP contribution in [0, 0.1) is 5.92 Å². The van der Waals surface area contributed by atoms with Crippen LogP contribution in [-0.4, -0.2) is 10.8 Å². The van der Waals surface area contributed by atoms with Crippen molar-refractivity contribution in [2.75, 3.05) is 0 Å². The summed E-state index contributed by atoms with van der Waals surface area (Å²) >= 11 is 3.51. The lowest BCUT2D eigenvalue weighted by Gasteiger charge is -2.28. The first-order valence-corrected chi connectivity index (χ1v) is 6.11. The number of Topliss-reactive ketones (excluding diaryl/α,β-unsaturated/α-hetero) is 1. The van der Waals surface area contributed by atoms with Crippen LogP contribution in [0.2, 0.25) is 0 Å². The summed E-state index contributed by atoms with van der Waals surface area (Å²) in [6, 6.07) is 2.02. The van der Waals surface area contributed by atoms with Gasteiger partial charge in [-0.2, -0.15) is 0 Å². The van der Waals surface area contributed by atoms with Gasteiger partial charge in [-0.1, -0.05) is 6.92 Å². The van der Waals surface area contributed by atoms with Crippen molar-refractivity contribution in [2.45, 2.75) is 32.1 Å². The Bertz CT molecular complexity index is 378. The Morgan fingerprint density at radius 2 is 2.33 bits per heavy atom. The quantitative estimate of drug-likeness (QED) is 0.782. The van der Waals surface area contributed by atoms with Crippen LogP contribution in [0.4, 0.5) is 0 Å². The average Bonchev–Trinajstić information content (AvgIpc) is 2.23. The van der Waals surface area contributed by atoms with Gasteiger partial charge in [0.15, 0.2) is 0 Å². The van der Waals surface area contributed by atoms with Crippen LogP contribution in [0.15, 0.2) is 22.9 Å². The molecule has 0 radical (unpaired) electrons. The molecule has 0 aliphatic heterocycles. The van der Waals surface area contributed by atoms with Crippen molar-refractivity contribution < 1.29 is 4.79 Å². The topological polar surface area (TPSA) is 30.0 Å². The predicted octanol–water partition coefficient (Wildman–Crippen LogP) is 3.32. The van der Waals surface area contributed by atoms with Crippen molar-refractivity contribution >= 4 is 21.7 Å². The highest BCUT2D eigenvalue weighted by Gasteiger charge is 2.30. The van der Waals surface area contributed by atoms with E-state index in [9.17, 15) is 4.79 Å². The standard InChI is InChI=1S/C12H14BrNO/c1-8-9(3-2-4-12(8)15)10-5-6-14-7-11(10)13/h5-9H,2-4H2,1H3/t8-,9?/m0/s1. The number of carbonyl (C=O) groups excluding carboxylic acids is 1. The SMILES string of the molecule is C[C@@H]1C(=O)CCCC1c1ccncc1Br. The summed E-state index contributed by atoms with van der Waals surface area (Å²) in [7, 11) is 0. The molecule has 1 aliphatic rings. The van der Waals surface area contributed by atoms with Gasteiger partial charge in [0, 0.05) is 29.2 Å². The maximum atomic E-state index is 11.7. The summed E-state index contributed by atoms with van der Waals surface area (Å²) in [4.78, 5) is 15.7. The number of nitrogens with zero attached hydrogens (tertiary/aromatic N) is 1. The van der Waals surface area contributed by atoms with Crippen molar-refractivity contribution in [1.82, 2.24) is 4.98 Å². The molecule has 0 N–H and O–H groups in total. The molecule has 80 valence electrons. The molecule has 0 spiro atoms. The van der Waals surface area contributed by atoms with Crippen LogP contribution in [-0.2, 0) is 4.79 Å². The molecule has 2 nitrogen and oxygen atoms in total. The van der Waals surface area contributed by atoms with E-state index >= 15 is 0 Å². The van der Waals surface area contributed by atoms with Gasteiger partial charge < -0.3 is 0 Å². The van der Waals surface area contributed by atoms with Gasteiger partial charge in [0.2, 0.25) is 0 Å². The number of rotatable bonds is 1. The van der Waals surface area contributed by atoms with E-state index in [2.05, 4.69) is 20.9 Å². The van der Waals surface area contributed by atoms with Crippen LogP contribution in [0.5, 0.6) is 0 Å². The molecule has 15 heavy (non-hydrogen) atoms. The van der Waals surface area contributed by atoms with Crippen LogP contribution in [0.1, 0.15) is 37.7 Å². The van der Waals surface area contributed by atoms with Crippen molar-refractivity contribution in [3.05, 3.63) is 28.5 Å². The monoisotopic (exact) mass is 267 g/mol. The largest absolute Gasteiger partial charge is 0.299 e. The molecule has 1 saturated carbocycles. The van der Waals surface area contributed by atoms with Gasteiger partial charge in [-0.15, -0.1) is 0 Å². The minimum absolute atomic E-state index is 0.150. The van der Waals surface area contributed by atoms with E-state index < -0.39 is 0 Å². The van der Waals surface area contributed by atoms with E-state index in [4.69, 9.17) is 0 Å². The second kappa shape index (κ2) is 4.44. The average molecular weight is 268 g/mol. The zero-order chi connectivity index (χ0) is 10.8. The highest BCUT2D eigenvalue weighted by molar-refractivity contribution is 9.10. The smallest absolute Gasteiger partial charge is 0.136 e. The van der Waals surface area contributed by atoms with Crippen LogP contribution in [0.3, 0.4) is 0 Å². The number of aromatic nitrogens is 1. The third-order valence-corrected chi connectivity index (χ3v) is 3.92. The number of pyridine rings is 1. The minimum Gasteiger partial charge on any atom is -0.299 e. The zero-order valence-electron chi connectivity index (χ0n) is 8.74. The fourth-order valence-corrected chi connectivity index (χ4v) is 2.85. The molecule has 1 fully saturated rings. The Labute approximate surface area is 98.2 Å². The Kier molecular flexibility index (Phi) is 3.19. The second-order valence-corrected chi connectivity index (χ2v) is 5.01. The van der Waals surface area contributed by atoms with Crippen molar-refractivity contribution in [3.63, 3.8) is 0 Å². The third kappa shape index (κ3) is 2.12. The van der Waals surface area contributed by atoms with Crippen molar-refractivity contribution in [1.29, 1.82) is 0 Å². The summed E-state index contributed by atoms with van der Waals surface area (Å²) in [6.07, 6.45) is 6.48. The van der Waals surface area contributed by atoms with Gasteiger partial charge in [0.25, 0.3) is 0 Å². The molecule has 1 aromatic rings. The van der Waals surface area contributed by atoms with Gasteiger partial charge in [-0.3, -0.25) is 9.78 Å². The third-order valence-electron chi connectivity index (χ3n) is 3.25. The lowest BCUT2D eigenvalue weighted by atomic mass is 9.76. The first-order chi connectivity index (χ1) is 7.20. The first-order valence-electron chi connectivity index (χ1n) is 5.32. The summed E-state index contributed by atoms with van der Waals surface area (Å²) < 4.78 is 1.02. The number of halogens is 1. The molecular weight excluding hydrogens is 254 g/mol. The van der Waals surface area contributed by atoms with Gasteiger partial charge in [0.05, 0.1) is 0 Å². The number of carbonyl (C=O) groups is 1. The highest BCUT2D eigenvalue weighted by Crippen LogP contribution is 2.38. The number of ketones is 1. The molecule has 3 heteroatoms. The summed E-state index contributed by atoms with van der Waals surface area (Å²) in [6.45, 7) is 2.04. The van der Waals surface area contributed by atoms with E-state index in [0.717, 1.165) is 23.7 Å². The Hall–Kier alpha value is -0.700. The zero-order valence-corrected chi connectivity index (χ0v) is 10.3. The normalized spacial score (nSPS) is 26.7. The molecule has 0 amide bonds. The molecule has 2 rings (SSSR count). The van der Waals surface area contributed by atoms with E-state index in [1.165, 1.54) is 5.56 Å². The van der Waals surface area contributed by atoms with E-state index in [1.807, 2.05) is 13.0 Å². The first kappa shape index (κ1) is 10.8. The van der Waals surface area contributed by atoms with E-state index in [0.29, 0.717) is 11.7 Å². The van der Waals surface area contributed by atoms with Crippen LogP contribution < -0.4 is 0 Å². The molecule has 1 aromatic heterocycles. The molecule has 0 saturated heterocycles. The molecule has 1 unspecified atom stereocenters. The van der Waals surface area contributed by atoms with Crippen molar-refractivity contribution in [3.8, 4) is 0 Å². The lowest BCUT2D eigenvalue weighted by Crippen LogP contribution is -2.24.